The number of nitrogens with one attached hydrogen (secondary N) is 1. The van der Waals surface area contributed by atoms with Crippen molar-refractivity contribution in [3.8, 4) is 0 Å². The fraction of sp³-hybridized carbons (Fsp3) is 0.368. The zero-order valence-electron chi connectivity index (χ0n) is 14.5. The molecule has 1 unspecified atom stereocenters. The van der Waals surface area contributed by atoms with Crippen LogP contribution in [-0.2, 0) is 0 Å². The number of carbonyl (C=O) groups is 1. The molecule has 0 saturated carbocycles. The van der Waals surface area contributed by atoms with Crippen molar-refractivity contribution < 1.29 is 4.79 Å². The van der Waals surface area contributed by atoms with Gasteiger partial charge in [0, 0.05) is 18.3 Å². The van der Waals surface area contributed by atoms with Gasteiger partial charge in [-0.1, -0.05) is 19.1 Å². The number of hydrogen-bond acceptors (Lipinski definition) is 4. The fourth-order valence-corrected chi connectivity index (χ4v) is 3.92. The summed E-state index contributed by atoms with van der Waals surface area (Å²) in [7, 11) is 2.15. The monoisotopic (exact) mass is 341 g/mol. The van der Waals surface area contributed by atoms with Crippen LogP contribution in [0.2, 0.25) is 0 Å². The van der Waals surface area contributed by atoms with Crippen LogP contribution in [0.15, 0.2) is 40.8 Å². The standard InChI is InChI=1S/C19H23N3OS/c1-13-11-19(2,3)22(4)16-8-7-14(10-15(13)16)12-20-21-18(23)17-6-5-9-24-17/h5-10,12-13H,11H2,1-4H3,(H,21,23)/b20-12-. The number of nitrogens with zero attached hydrogens (tertiary/aromatic N) is 2. The quantitative estimate of drug-likeness (QED) is 0.670. The second kappa shape index (κ2) is 6.40. The summed E-state index contributed by atoms with van der Waals surface area (Å²) < 4.78 is 0. The average Bonchev–Trinajstić information content (AvgIpc) is 3.07. The van der Waals surface area contributed by atoms with Crippen molar-refractivity contribution >= 4 is 29.1 Å². The van der Waals surface area contributed by atoms with E-state index in [9.17, 15) is 4.79 Å². The first-order valence-electron chi connectivity index (χ1n) is 8.13. The summed E-state index contributed by atoms with van der Waals surface area (Å²) in [6.45, 7) is 6.83. The number of anilines is 1. The Morgan fingerprint density at radius 2 is 2.21 bits per heavy atom. The first kappa shape index (κ1) is 16.7. The lowest BCUT2D eigenvalue weighted by Gasteiger charge is -2.45. The molecule has 0 radical (unpaired) electrons. The Hall–Kier alpha value is -2.14. The number of amides is 1. The van der Waals surface area contributed by atoms with Crippen LogP contribution in [0.5, 0.6) is 0 Å². The molecule has 1 aliphatic rings. The normalized spacial score (nSPS) is 19.3. The van der Waals surface area contributed by atoms with E-state index in [-0.39, 0.29) is 11.4 Å². The van der Waals surface area contributed by atoms with Crippen molar-refractivity contribution in [1.29, 1.82) is 0 Å². The van der Waals surface area contributed by atoms with Crippen LogP contribution < -0.4 is 10.3 Å². The van der Waals surface area contributed by atoms with Gasteiger partial charge >= 0.3 is 0 Å². The number of rotatable bonds is 3. The highest BCUT2D eigenvalue weighted by molar-refractivity contribution is 7.12. The Morgan fingerprint density at radius 1 is 1.42 bits per heavy atom. The van der Waals surface area contributed by atoms with Crippen molar-refractivity contribution in [1.82, 2.24) is 5.43 Å². The molecule has 24 heavy (non-hydrogen) atoms. The van der Waals surface area contributed by atoms with Gasteiger partial charge in [0.15, 0.2) is 0 Å². The molecule has 0 fully saturated rings. The van der Waals surface area contributed by atoms with E-state index in [0.29, 0.717) is 10.8 Å². The number of hydrogen-bond donors (Lipinski definition) is 1. The Balaban J connectivity index is 1.76. The third-order valence-corrected chi connectivity index (χ3v) is 5.65. The van der Waals surface area contributed by atoms with E-state index in [2.05, 4.69) is 55.4 Å². The van der Waals surface area contributed by atoms with Crippen LogP contribution in [0.1, 0.15) is 53.9 Å². The molecule has 3 rings (SSSR count). The van der Waals surface area contributed by atoms with Crippen molar-refractivity contribution in [3.63, 3.8) is 0 Å². The lowest BCUT2D eigenvalue weighted by atomic mass is 9.80. The smallest absolute Gasteiger partial charge is 0.281 e. The molecule has 1 aliphatic heterocycles. The van der Waals surface area contributed by atoms with Gasteiger partial charge in [-0.15, -0.1) is 11.3 Å². The highest BCUT2D eigenvalue weighted by Gasteiger charge is 2.33. The maximum Gasteiger partial charge on any atom is 0.281 e. The largest absolute Gasteiger partial charge is 0.369 e. The van der Waals surface area contributed by atoms with E-state index in [1.165, 1.54) is 22.6 Å². The van der Waals surface area contributed by atoms with Crippen LogP contribution in [0.25, 0.3) is 0 Å². The van der Waals surface area contributed by atoms with Gasteiger partial charge in [-0.25, -0.2) is 5.43 Å². The molecule has 5 heteroatoms. The van der Waals surface area contributed by atoms with Gasteiger partial charge in [0.2, 0.25) is 0 Å². The van der Waals surface area contributed by atoms with Crippen molar-refractivity contribution in [2.45, 2.75) is 38.6 Å². The van der Waals surface area contributed by atoms with E-state index in [1.54, 1.807) is 12.3 Å². The zero-order valence-corrected chi connectivity index (χ0v) is 15.4. The maximum absolute atomic E-state index is 11.9. The van der Waals surface area contributed by atoms with Gasteiger partial charge < -0.3 is 4.90 Å². The molecule has 1 aromatic carbocycles. The molecular weight excluding hydrogens is 318 g/mol. The van der Waals surface area contributed by atoms with E-state index >= 15 is 0 Å². The second-order valence-corrected chi connectivity index (χ2v) is 7.92. The predicted molar refractivity (Wildman–Crippen MR) is 101 cm³/mol. The lowest BCUT2D eigenvalue weighted by molar-refractivity contribution is 0.0959. The summed E-state index contributed by atoms with van der Waals surface area (Å²) in [5, 5.41) is 5.96. The molecule has 1 aromatic heterocycles. The van der Waals surface area contributed by atoms with Crippen molar-refractivity contribution in [3.05, 3.63) is 51.7 Å². The number of benzene rings is 1. The van der Waals surface area contributed by atoms with Crippen molar-refractivity contribution in [2.75, 3.05) is 11.9 Å². The molecule has 0 aliphatic carbocycles. The first-order valence-corrected chi connectivity index (χ1v) is 9.01. The SMILES string of the molecule is CC1CC(C)(C)N(C)c2ccc(/C=N\NC(=O)c3cccs3)cc21. The van der Waals surface area contributed by atoms with Crippen LogP contribution in [0.3, 0.4) is 0 Å². The number of hydrazone groups is 1. The van der Waals surface area contributed by atoms with Gasteiger partial charge in [-0.05, 0) is 60.9 Å². The Bertz CT molecular complexity index is 765. The fourth-order valence-electron chi connectivity index (χ4n) is 3.30. The molecule has 1 N–H and O–H groups in total. The zero-order chi connectivity index (χ0) is 17.3. The van der Waals surface area contributed by atoms with E-state index in [1.807, 2.05) is 17.5 Å². The molecule has 126 valence electrons. The average molecular weight is 341 g/mol. The summed E-state index contributed by atoms with van der Waals surface area (Å²) in [4.78, 5) is 14.9. The van der Waals surface area contributed by atoms with E-state index < -0.39 is 0 Å². The Labute approximate surface area is 147 Å². The topological polar surface area (TPSA) is 44.7 Å². The van der Waals surface area contributed by atoms with Crippen LogP contribution in [-0.4, -0.2) is 24.7 Å². The molecule has 0 bridgehead atoms. The number of carbonyl (C=O) groups excluding carboxylic acids is 1. The van der Waals surface area contributed by atoms with Gasteiger partial charge in [0.25, 0.3) is 5.91 Å². The maximum atomic E-state index is 11.9. The predicted octanol–water partition coefficient (Wildman–Crippen LogP) is 4.23. The summed E-state index contributed by atoms with van der Waals surface area (Å²) in [6.07, 6.45) is 2.82. The van der Waals surface area contributed by atoms with Gasteiger partial charge in [-0.2, -0.15) is 5.10 Å². The van der Waals surface area contributed by atoms with Crippen molar-refractivity contribution in [2.24, 2.45) is 5.10 Å². The summed E-state index contributed by atoms with van der Waals surface area (Å²) in [6, 6.07) is 10.0. The molecule has 2 heterocycles. The lowest BCUT2D eigenvalue weighted by Crippen LogP contribution is -2.45. The third kappa shape index (κ3) is 3.22. The minimum atomic E-state index is -0.172. The van der Waals surface area contributed by atoms with Gasteiger partial charge in [0.05, 0.1) is 11.1 Å². The Morgan fingerprint density at radius 3 is 2.92 bits per heavy atom. The summed E-state index contributed by atoms with van der Waals surface area (Å²) >= 11 is 1.40. The Kier molecular flexibility index (Phi) is 4.45. The van der Waals surface area contributed by atoms with Crippen LogP contribution >= 0.6 is 11.3 Å². The molecular formula is C19H23N3OS. The molecule has 1 amide bonds. The van der Waals surface area contributed by atoms with Crippen LogP contribution in [0.4, 0.5) is 5.69 Å². The second-order valence-electron chi connectivity index (χ2n) is 6.97. The highest BCUT2D eigenvalue weighted by Crippen LogP contribution is 2.42. The molecule has 0 spiro atoms. The summed E-state index contributed by atoms with van der Waals surface area (Å²) in [5.74, 6) is 0.328. The molecule has 0 saturated heterocycles. The first-order chi connectivity index (χ1) is 11.4. The van der Waals surface area contributed by atoms with Crippen LogP contribution in [0, 0.1) is 0 Å². The van der Waals surface area contributed by atoms with Gasteiger partial charge in [-0.3, -0.25) is 4.79 Å². The minimum Gasteiger partial charge on any atom is -0.369 e. The molecule has 4 nitrogen and oxygen atoms in total. The highest BCUT2D eigenvalue weighted by atomic mass is 32.1. The van der Waals surface area contributed by atoms with E-state index in [0.717, 1.165) is 12.0 Å². The number of fused-ring (bicyclic) bond motifs is 1. The van der Waals surface area contributed by atoms with E-state index in [4.69, 9.17) is 0 Å². The molecule has 1 atom stereocenters. The number of thiophene rings is 1. The third-order valence-electron chi connectivity index (χ3n) is 4.78. The minimum absolute atomic E-state index is 0.163. The molecule has 2 aromatic rings. The summed E-state index contributed by atoms with van der Waals surface area (Å²) in [5.41, 5.74) is 6.36. The van der Waals surface area contributed by atoms with Gasteiger partial charge in [0.1, 0.15) is 0 Å².